The van der Waals surface area contributed by atoms with E-state index in [1.807, 2.05) is 0 Å². The van der Waals surface area contributed by atoms with E-state index in [1.54, 1.807) is 4.31 Å². The van der Waals surface area contributed by atoms with Gasteiger partial charge < -0.3 is 5.32 Å². The lowest BCUT2D eigenvalue weighted by atomic mass is 10.0. The fourth-order valence-electron chi connectivity index (χ4n) is 1.50. The lowest BCUT2D eigenvalue weighted by Gasteiger charge is -2.34. The molecular weight excluding hydrogens is 224 g/mol. The number of nitrogens with one attached hydrogen (secondary N) is 1. The lowest BCUT2D eigenvalue weighted by molar-refractivity contribution is 0.257. The lowest BCUT2D eigenvalue weighted by Crippen LogP contribution is -2.54. The summed E-state index contributed by atoms with van der Waals surface area (Å²) in [7, 11) is -3.00. The minimum absolute atomic E-state index is 0. The van der Waals surface area contributed by atoms with Crippen LogP contribution in [0.1, 0.15) is 13.8 Å². The number of nitrogens with zero attached hydrogens (tertiary/aromatic N) is 1. The van der Waals surface area contributed by atoms with E-state index in [9.17, 15) is 8.42 Å². The second-order valence-electron chi connectivity index (χ2n) is 3.93. The molecule has 86 valence electrons. The third-order valence-corrected chi connectivity index (χ3v) is 3.71. The van der Waals surface area contributed by atoms with E-state index in [2.05, 4.69) is 19.2 Å². The summed E-state index contributed by atoms with van der Waals surface area (Å²) in [6, 6.07) is 0.295. The molecule has 0 saturated carbocycles. The topological polar surface area (TPSA) is 49.4 Å². The zero-order chi connectivity index (χ0) is 10.1. The van der Waals surface area contributed by atoms with Crippen molar-refractivity contribution in [1.29, 1.82) is 0 Å². The molecule has 0 aromatic rings. The van der Waals surface area contributed by atoms with Gasteiger partial charge in [-0.2, -0.15) is 4.31 Å². The maximum absolute atomic E-state index is 11.3. The highest BCUT2D eigenvalue weighted by molar-refractivity contribution is 7.88. The van der Waals surface area contributed by atoms with Crippen molar-refractivity contribution in [2.45, 2.75) is 19.9 Å². The molecule has 0 bridgehead atoms. The monoisotopic (exact) mass is 242 g/mol. The van der Waals surface area contributed by atoms with Crippen molar-refractivity contribution in [3.8, 4) is 0 Å². The third kappa shape index (κ3) is 3.73. The highest BCUT2D eigenvalue weighted by Crippen LogP contribution is 2.10. The third-order valence-electron chi connectivity index (χ3n) is 2.44. The van der Waals surface area contributed by atoms with Gasteiger partial charge in [0.1, 0.15) is 0 Å². The number of halogens is 1. The Kier molecular flexibility index (Phi) is 5.36. The molecule has 1 N–H and O–H groups in total. The Morgan fingerprint density at radius 2 is 2.00 bits per heavy atom. The summed E-state index contributed by atoms with van der Waals surface area (Å²) in [4.78, 5) is 0. The molecular formula is C8H19ClN2O2S. The summed E-state index contributed by atoms with van der Waals surface area (Å²) >= 11 is 0. The molecule has 1 rings (SSSR count). The molecule has 0 radical (unpaired) electrons. The molecule has 1 saturated heterocycles. The quantitative estimate of drug-likeness (QED) is 0.758. The van der Waals surface area contributed by atoms with Crippen LogP contribution in [0.5, 0.6) is 0 Å². The van der Waals surface area contributed by atoms with Crippen LogP contribution >= 0.6 is 12.4 Å². The number of hydrogen-bond donors (Lipinski definition) is 1. The highest BCUT2D eigenvalue weighted by atomic mass is 35.5. The standard InChI is InChI=1S/C8H18N2O2S.ClH/c1-7(2)8-6-10(5-4-9-8)13(3,11)12;/h7-9H,4-6H2,1-3H3;1H/t8-;/m1./s1. The Morgan fingerprint density at radius 1 is 1.43 bits per heavy atom. The normalized spacial score (nSPS) is 24.7. The average molecular weight is 243 g/mol. The summed E-state index contributed by atoms with van der Waals surface area (Å²) in [6.07, 6.45) is 1.27. The predicted octanol–water partition coefficient (Wildman–Crippen LogP) is 0.298. The molecule has 0 spiro atoms. The van der Waals surface area contributed by atoms with Crippen LogP contribution in [0.15, 0.2) is 0 Å². The Labute approximate surface area is 92.5 Å². The summed E-state index contributed by atoms with van der Waals surface area (Å²) in [5.74, 6) is 0.476. The van der Waals surface area contributed by atoms with Gasteiger partial charge in [-0.25, -0.2) is 8.42 Å². The van der Waals surface area contributed by atoms with E-state index in [1.165, 1.54) is 6.26 Å². The molecule has 1 aliphatic heterocycles. The van der Waals surface area contributed by atoms with E-state index in [4.69, 9.17) is 0 Å². The van der Waals surface area contributed by atoms with Crippen molar-refractivity contribution < 1.29 is 8.42 Å². The molecule has 0 aromatic carbocycles. The molecule has 0 amide bonds. The van der Waals surface area contributed by atoms with Crippen LogP contribution in [0, 0.1) is 5.92 Å². The van der Waals surface area contributed by atoms with Gasteiger partial charge in [-0.05, 0) is 5.92 Å². The molecule has 0 aromatic heterocycles. The molecule has 6 heteroatoms. The van der Waals surface area contributed by atoms with Gasteiger partial charge in [0.2, 0.25) is 10.0 Å². The second kappa shape index (κ2) is 5.30. The smallest absolute Gasteiger partial charge is 0.211 e. The molecule has 1 heterocycles. The van der Waals surface area contributed by atoms with Crippen LogP contribution in [-0.4, -0.2) is 44.7 Å². The van der Waals surface area contributed by atoms with Crippen LogP contribution in [0.2, 0.25) is 0 Å². The van der Waals surface area contributed by atoms with Crippen molar-refractivity contribution in [3.05, 3.63) is 0 Å². The van der Waals surface area contributed by atoms with Gasteiger partial charge in [0.15, 0.2) is 0 Å². The van der Waals surface area contributed by atoms with E-state index >= 15 is 0 Å². The van der Waals surface area contributed by atoms with Gasteiger partial charge >= 0.3 is 0 Å². The minimum Gasteiger partial charge on any atom is -0.311 e. The molecule has 4 nitrogen and oxygen atoms in total. The molecule has 0 unspecified atom stereocenters. The van der Waals surface area contributed by atoms with Gasteiger partial charge in [0.25, 0.3) is 0 Å². The maximum Gasteiger partial charge on any atom is 0.211 e. The Bertz CT molecular complexity index is 267. The number of sulfonamides is 1. The molecule has 1 fully saturated rings. The maximum atomic E-state index is 11.3. The first kappa shape index (κ1) is 14.2. The van der Waals surface area contributed by atoms with Gasteiger partial charge in [-0.15, -0.1) is 12.4 Å². The molecule has 1 atom stereocenters. The van der Waals surface area contributed by atoms with Crippen LogP contribution < -0.4 is 5.32 Å². The van der Waals surface area contributed by atoms with Crippen molar-refractivity contribution in [3.63, 3.8) is 0 Å². The molecule has 0 aliphatic carbocycles. The van der Waals surface area contributed by atoms with Crippen molar-refractivity contribution in [2.75, 3.05) is 25.9 Å². The van der Waals surface area contributed by atoms with Gasteiger partial charge in [-0.3, -0.25) is 0 Å². The zero-order valence-electron chi connectivity index (χ0n) is 8.86. The van der Waals surface area contributed by atoms with E-state index < -0.39 is 10.0 Å². The summed E-state index contributed by atoms with van der Waals surface area (Å²) in [5, 5.41) is 3.31. The predicted molar refractivity (Wildman–Crippen MR) is 60.3 cm³/mol. The Hall–Kier alpha value is 0.160. The van der Waals surface area contributed by atoms with Crippen LogP contribution in [0.4, 0.5) is 0 Å². The van der Waals surface area contributed by atoms with E-state index in [0.717, 1.165) is 6.54 Å². The van der Waals surface area contributed by atoms with Crippen molar-refractivity contribution >= 4 is 22.4 Å². The summed E-state index contributed by atoms with van der Waals surface area (Å²) in [6.45, 7) is 6.17. The van der Waals surface area contributed by atoms with Gasteiger partial charge in [0.05, 0.1) is 6.26 Å². The van der Waals surface area contributed by atoms with Gasteiger partial charge in [-0.1, -0.05) is 13.8 Å². The first-order valence-corrected chi connectivity index (χ1v) is 6.44. The first-order valence-electron chi connectivity index (χ1n) is 4.60. The average Bonchev–Trinajstić information content (AvgIpc) is 2.03. The highest BCUT2D eigenvalue weighted by Gasteiger charge is 2.26. The number of hydrogen-bond acceptors (Lipinski definition) is 3. The summed E-state index contributed by atoms with van der Waals surface area (Å²) in [5.41, 5.74) is 0. The second-order valence-corrected chi connectivity index (χ2v) is 5.91. The molecule has 14 heavy (non-hydrogen) atoms. The number of piperazine rings is 1. The van der Waals surface area contributed by atoms with E-state index in [0.29, 0.717) is 25.0 Å². The van der Waals surface area contributed by atoms with Crippen molar-refractivity contribution in [1.82, 2.24) is 9.62 Å². The number of rotatable bonds is 2. The molecule has 1 aliphatic rings. The largest absolute Gasteiger partial charge is 0.311 e. The van der Waals surface area contributed by atoms with Crippen LogP contribution in [0.25, 0.3) is 0 Å². The van der Waals surface area contributed by atoms with Crippen molar-refractivity contribution in [2.24, 2.45) is 5.92 Å². The Balaban J connectivity index is 0.00000169. The Morgan fingerprint density at radius 3 is 2.43 bits per heavy atom. The first-order chi connectivity index (χ1) is 5.91. The van der Waals surface area contributed by atoms with Crippen LogP contribution in [-0.2, 0) is 10.0 Å². The SMILES string of the molecule is CC(C)[C@H]1CN(S(C)(=O)=O)CCN1.Cl. The fourth-order valence-corrected chi connectivity index (χ4v) is 2.35. The van der Waals surface area contributed by atoms with E-state index in [-0.39, 0.29) is 12.4 Å². The summed E-state index contributed by atoms with van der Waals surface area (Å²) < 4.78 is 24.1. The van der Waals surface area contributed by atoms with Gasteiger partial charge in [0, 0.05) is 25.7 Å². The minimum atomic E-state index is -3.00. The fraction of sp³-hybridized carbons (Fsp3) is 1.00. The zero-order valence-corrected chi connectivity index (χ0v) is 10.5. The van der Waals surface area contributed by atoms with Crippen LogP contribution in [0.3, 0.4) is 0 Å².